The van der Waals surface area contributed by atoms with Crippen LogP contribution in [0.5, 0.6) is 0 Å². The number of aliphatic imine (C=N–C) groups is 1. The molecule has 0 saturated heterocycles. The van der Waals surface area contributed by atoms with Crippen molar-refractivity contribution in [3.05, 3.63) is 0 Å². The molecule has 0 aromatic heterocycles. The van der Waals surface area contributed by atoms with Crippen molar-refractivity contribution in [3.8, 4) is 0 Å². The summed E-state index contributed by atoms with van der Waals surface area (Å²) in [7, 11) is 0. The third-order valence-electron chi connectivity index (χ3n) is 6.33. The number of rotatable bonds is 13. The maximum absolute atomic E-state index is 9.42. The Bertz CT molecular complexity index is 395. The second kappa shape index (κ2) is 14.9. The number of aliphatic hydroxyl groups excluding tert-OH is 1. The Hall–Kier alpha value is -0.0800. The van der Waals surface area contributed by atoms with Gasteiger partial charge in [0.2, 0.25) is 0 Å². The lowest BCUT2D eigenvalue weighted by Gasteiger charge is -2.31. The average Bonchev–Trinajstić information content (AvgIpc) is 3.12. The predicted octanol–water partition coefficient (Wildman–Crippen LogP) is 4.34. The smallest absolute Gasteiger partial charge is 0.191 e. The molecule has 6 heteroatoms. The highest BCUT2D eigenvalue weighted by Gasteiger charge is 2.33. The number of aliphatic hydroxyl groups is 1. The molecular formula is C21H44IN3O2. The van der Waals surface area contributed by atoms with Crippen molar-refractivity contribution in [1.82, 2.24) is 10.6 Å². The second-order valence-electron chi connectivity index (χ2n) is 7.88. The number of hydrogen-bond donors (Lipinski definition) is 3. The van der Waals surface area contributed by atoms with Crippen LogP contribution in [0.15, 0.2) is 4.99 Å². The van der Waals surface area contributed by atoms with E-state index in [-0.39, 0.29) is 36.0 Å². The minimum atomic E-state index is 0. The minimum absolute atomic E-state index is 0. The lowest BCUT2D eigenvalue weighted by atomic mass is 9.79. The molecular weight excluding hydrogens is 453 g/mol. The first-order valence-electron chi connectivity index (χ1n) is 10.8. The molecule has 0 aliphatic heterocycles. The van der Waals surface area contributed by atoms with Crippen molar-refractivity contribution < 1.29 is 9.84 Å². The zero-order valence-electron chi connectivity index (χ0n) is 18.1. The summed E-state index contributed by atoms with van der Waals surface area (Å²) in [5, 5.41) is 16.4. The number of nitrogens with zero attached hydrogens (tertiary/aromatic N) is 1. The molecule has 1 rings (SSSR count). The van der Waals surface area contributed by atoms with E-state index in [1.807, 2.05) is 0 Å². The van der Waals surface area contributed by atoms with Crippen molar-refractivity contribution in [2.75, 3.05) is 39.5 Å². The fourth-order valence-electron chi connectivity index (χ4n) is 4.08. The molecule has 5 nitrogen and oxygen atoms in total. The first kappa shape index (κ1) is 26.9. The van der Waals surface area contributed by atoms with E-state index in [4.69, 9.17) is 9.73 Å². The van der Waals surface area contributed by atoms with Crippen LogP contribution in [0.2, 0.25) is 0 Å². The molecule has 0 aromatic rings. The summed E-state index contributed by atoms with van der Waals surface area (Å²) in [6, 6.07) is 0. The van der Waals surface area contributed by atoms with Gasteiger partial charge in [-0.05, 0) is 63.2 Å². The third-order valence-corrected chi connectivity index (χ3v) is 6.33. The zero-order chi connectivity index (χ0) is 19.3. The summed E-state index contributed by atoms with van der Waals surface area (Å²) in [5.74, 6) is 0.916. The van der Waals surface area contributed by atoms with Gasteiger partial charge in [-0.2, -0.15) is 0 Å². The number of hydrogen-bond acceptors (Lipinski definition) is 3. The van der Waals surface area contributed by atoms with E-state index in [1.165, 1.54) is 25.7 Å². The number of halogens is 1. The van der Waals surface area contributed by atoms with Gasteiger partial charge in [0.1, 0.15) is 0 Å². The summed E-state index contributed by atoms with van der Waals surface area (Å²) in [5.41, 5.74) is 0.459. The Labute approximate surface area is 184 Å². The van der Waals surface area contributed by atoms with Gasteiger partial charge in [0, 0.05) is 39.5 Å². The maximum Gasteiger partial charge on any atom is 0.191 e. The fraction of sp³-hybridized carbons (Fsp3) is 0.952. The van der Waals surface area contributed by atoms with Crippen LogP contribution in [0.4, 0.5) is 0 Å². The molecule has 0 aromatic carbocycles. The van der Waals surface area contributed by atoms with Gasteiger partial charge in [-0.15, -0.1) is 24.0 Å². The Morgan fingerprint density at radius 1 is 1.11 bits per heavy atom. The van der Waals surface area contributed by atoms with E-state index < -0.39 is 0 Å². The van der Waals surface area contributed by atoms with Crippen LogP contribution in [0, 0.1) is 10.8 Å². The molecule has 0 heterocycles. The summed E-state index contributed by atoms with van der Waals surface area (Å²) in [4.78, 5) is 4.89. The van der Waals surface area contributed by atoms with Crippen LogP contribution in [0.25, 0.3) is 0 Å². The van der Waals surface area contributed by atoms with Crippen molar-refractivity contribution in [3.63, 3.8) is 0 Å². The quantitative estimate of drug-likeness (QED) is 0.153. The molecule has 0 radical (unpaired) electrons. The normalized spacial score (nSPS) is 16.9. The largest absolute Gasteiger partial charge is 0.396 e. The lowest BCUT2D eigenvalue weighted by Crippen LogP contribution is -2.44. The van der Waals surface area contributed by atoms with Gasteiger partial charge in [0.15, 0.2) is 5.96 Å². The molecule has 1 aliphatic rings. The summed E-state index contributed by atoms with van der Waals surface area (Å²) in [6.45, 7) is 13.1. The van der Waals surface area contributed by atoms with E-state index in [1.54, 1.807) is 0 Å². The Morgan fingerprint density at radius 2 is 1.78 bits per heavy atom. The minimum Gasteiger partial charge on any atom is -0.396 e. The van der Waals surface area contributed by atoms with Crippen molar-refractivity contribution >= 4 is 29.9 Å². The van der Waals surface area contributed by atoms with Crippen molar-refractivity contribution in [2.24, 2.45) is 15.8 Å². The first-order chi connectivity index (χ1) is 12.6. The molecule has 27 heavy (non-hydrogen) atoms. The van der Waals surface area contributed by atoms with Crippen LogP contribution >= 0.6 is 24.0 Å². The second-order valence-corrected chi connectivity index (χ2v) is 7.88. The standard InChI is InChI=1S/C21H43N3O2.HI/c1-5-20(6-2,13-15-25)17-23-19(22-7-3)24-18-21(11-9-10-12-21)14-16-26-8-4;/h25H,5-18H2,1-4H3,(H2,22,23,24);1H. The summed E-state index contributed by atoms with van der Waals surface area (Å²) < 4.78 is 5.63. The van der Waals surface area contributed by atoms with Crippen LogP contribution in [-0.2, 0) is 4.74 Å². The Kier molecular flexibility index (Phi) is 14.8. The molecule has 0 unspecified atom stereocenters. The van der Waals surface area contributed by atoms with Crippen LogP contribution in [0.3, 0.4) is 0 Å². The van der Waals surface area contributed by atoms with E-state index in [0.717, 1.165) is 64.5 Å². The number of nitrogens with one attached hydrogen (secondary N) is 2. The zero-order valence-corrected chi connectivity index (χ0v) is 20.4. The van der Waals surface area contributed by atoms with Gasteiger partial charge in [-0.1, -0.05) is 26.7 Å². The van der Waals surface area contributed by atoms with Gasteiger partial charge in [0.25, 0.3) is 0 Å². The fourth-order valence-corrected chi connectivity index (χ4v) is 4.08. The SMILES string of the molecule is CCNC(=NCC(CC)(CC)CCO)NCC1(CCOCC)CCCC1.I. The number of ether oxygens (including phenoxy) is 1. The van der Waals surface area contributed by atoms with Crippen molar-refractivity contribution in [1.29, 1.82) is 0 Å². The van der Waals surface area contributed by atoms with Gasteiger partial charge < -0.3 is 20.5 Å². The highest BCUT2D eigenvalue weighted by atomic mass is 127. The van der Waals surface area contributed by atoms with E-state index in [9.17, 15) is 5.11 Å². The summed E-state index contributed by atoms with van der Waals surface area (Å²) >= 11 is 0. The third kappa shape index (κ3) is 9.31. The molecule has 1 aliphatic carbocycles. The van der Waals surface area contributed by atoms with Crippen LogP contribution in [-0.4, -0.2) is 50.5 Å². The van der Waals surface area contributed by atoms with E-state index in [0.29, 0.717) is 5.41 Å². The molecule has 0 bridgehead atoms. The lowest BCUT2D eigenvalue weighted by molar-refractivity contribution is 0.105. The molecule has 162 valence electrons. The van der Waals surface area contributed by atoms with Crippen LogP contribution in [0.1, 0.15) is 79.1 Å². The highest BCUT2D eigenvalue weighted by molar-refractivity contribution is 14.0. The molecule has 1 fully saturated rings. The maximum atomic E-state index is 9.42. The van der Waals surface area contributed by atoms with E-state index >= 15 is 0 Å². The average molecular weight is 498 g/mol. The Balaban J connectivity index is 0.00000676. The molecule has 0 amide bonds. The molecule has 0 spiro atoms. The van der Waals surface area contributed by atoms with Gasteiger partial charge in [0.05, 0.1) is 0 Å². The predicted molar refractivity (Wildman–Crippen MR) is 126 cm³/mol. The Morgan fingerprint density at radius 3 is 2.30 bits per heavy atom. The topological polar surface area (TPSA) is 65.9 Å². The summed E-state index contributed by atoms with van der Waals surface area (Å²) in [6.07, 6.45) is 9.26. The molecule has 0 atom stereocenters. The van der Waals surface area contributed by atoms with Crippen molar-refractivity contribution in [2.45, 2.75) is 79.1 Å². The molecule has 1 saturated carbocycles. The van der Waals surface area contributed by atoms with Gasteiger partial charge in [-0.25, -0.2) is 0 Å². The highest BCUT2D eigenvalue weighted by Crippen LogP contribution is 2.40. The monoisotopic (exact) mass is 497 g/mol. The van der Waals surface area contributed by atoms with Gasteiger partial charge >= 0.3 is 0 Å². The van der Waals surface area contributed by atoms with Crippen LogP contribution < -0.4 is 10.6 Å². The van der Waals surface area contributed by atoms with E-state index in [2.05, 4.69) is 38.3 Å². The van der Waals surface area contributed by atoms with Gasteiger partial charge in [-0.3, -0.25) is 4.99 Å². The molecule has 3 N–H and O–H groups in total. The number of guanidine groups is 1. The first-order valence-corrected chi connectivity index (χ1v) is 10.8.